The summed E-state index contributed by atoms with van der Waals surface area (Å²) in [6, 6.07) is 8.74. The van der Waals surface area contributed by atoms with Crippen LogP contribution in [0.5, 0.6) is 0 Å². The molecule has 1 N–H and O–H groups in total. The number of halogens is 1. The van der Waals surface area contributed by atoms with Gasteiger partial charge in [0.2, 0.25) is 5.91 Å². The van der Waals surface area contributed by atoms with E-state index < -0.39 is 0 Å². The van der Waals surface area contributed by atoms with Gasteiger partial charge in [0.1, 0.15) is 0 Å². The van der Waals surface area contributed by atoms with Gasteiger partial charge in [0, 0.05) is 71.6 Å². The minimum atomic E-state index is 0. The van der Waals surface area contributed by atoms with Crippen LogP contribution in [0.15, 0.2) is 41.4 Å². The Morgan fingerprint density at radius 2 is 1.64 bits per heavy atom. The Bertz CT molecular complexity index is 805. The van der Waals surface area contributed by atoms with Crippen molar-refractivity contribution in [2.45, 2.75) is 32.2 Å². The van der Waals surface area contributed by atoms with E-state index in [1.165, 1.54) is 24.1 Å². The fourth-order valence-corrected chi connectivity index (χ4v) is 4.79. The number of amides is 1. The summed E-state index contributed by atoms with van der Waals surface area (Å²) in [5.41, 5.74) is 2.53. The van der Waals surface area contributed by atoms with Crippen molar-refractivity contribution < 1.29 is 4.79 Å². The van der Waals surface area contributed by atoms with Crippen LogP contribution in [-0.2, 0) is 11.3 Å². The minimum absolute atomic E-state index is 0. The first-order valence-corrected chi connectivity index (χ1v) is 12.2. The average molecular weight is 567 g/mol. The highest BCUT2D eigenvalue weighted by Gasteiger charge is 2.23. The number of hydrogen-bond donors (Lipinski definition) is 1. The molecule has 182 valence electrons. The molecule has 0 bridgehead atoms. The van der Waals surface area contributed by atoms with Gasteiger partial charge in [0.25, 0.3) is 0 Å². The predicted octanol–water partition coefficient (Wildman–Crippen LogP) is 2.78. The van der Waals surface area contributed by atoms with Crippen LogP contribution < -0.4 is 10.2 Å². The first-order valence-electron chi connectivity index (χ1n) is 12.2. The maximum Gasteiger partial charge on any atom is 0.236 e. The fourth-order valence-electron chi connectivity index (χ4n) is 4.79. The van der Waals surface area contributed by atoms with Crippen molar-refractivity contribution in [1.82, 2.24) is 20.0 Å². The van der Waals surface area contributed by atoms with Crippen LogP contribution in [0.3, 0.4) is 0 Å². The highest BCUT2D eigenvalue weighted by Crippen LogP contribution is 2.18. The molecule has 1 aromatic rings. The number of benzene rings is 1. The number of carbonyl (C=O) groups excluding carboxylic acids is 1. The van der Waals surface area contributed by atoms with Crippen LogP contribution in [0.4, 0.5) is 5.69 Å². The van der Waals surface area contributed by atoms with Crippen LogP contribution in [0.2, 0.25) is 0 Å². The van der Waals surface area contributed by atoms with Crippen molar-refractivity contribution in [2.24, 2.45) is 4.99 Å². The van der Waals surface area contributed by atoms with Gasteiger partial charge in [-0.05, 0) is 30.5 Å². The Labute approximate surface area is 215 Å². The standard InChI is InChI=1S/C25H38N6O.HI/c1-26-25(27-20-22-9-8-10-23(19-22)29-11-6-7-12-29)31-17-15-28(16-18-31)21-24(32)30-13-4-2-3-5-14-30;/h6-10,19H,2-5,11-18,20-21H2,1H3,(H,26,27);1H. The summed E-state index contributed by atoms with van der Waals surface area (Å²) in [6.45, 7) is 8.75. The Balaban J connectivity index is 0.00000306. The molecule has 2 fully saturated rings. The normalized spacial score (nSPS) is 19.9. The summed E-state index contributed by atoms with van der Waals surface area (Å²) in [6.07, 6.45) is 9.25. The van der Waals surface area contributed by atoms with E-state index in [-0.39, 0.29) is 24.0 Å². The van der Waals surface area contributed by atoms with Gasteiger partial charge in [-0.2, -0.15) is 0 Å². The van der Waals surface area contributed by atoms with Gasteiger partial charge in [-0.3, -0.25) is 14.7 Å². The van der Waals surface area contributed by atoms with Gasteiger partial charge in [-0.15, -0.1) is 24.0 Å². The Kier molecular flexibility index (Phi) is 10.3. The summed E-state index contributed by atoms with van der Waals surface area (Å²) in [5, 5.41) is 3.54. The number of hydrogen-bond acceptors (Lipinski definition) is 4. The highest BCUT2D eigenvalue weighted by molar-refractivity contribution is 14.0. The second kappa shape index (κ2) is 13.2. The van der Waals surface area contributed by atoms with Crippen molar-refractivity contribution in [3.05, 3.63) is 42.0 Å². The van der Waals surface area contributed by atoms with Gasteiger partial charge in [0.05, 0.1) is 6.54 Å². The molecule has 0 atom stereocenters. The number of guanidine groups is 1. The quantitative estimate of drug-likeness (QED) is 0.257. The molecule has 0 unspecified atom stereocenters. The smallest absolute Gasteiger partial charge is 0.236 e. The van der Waals surface area contributed by atoms with Crippen LogP contribution in [0, 0.1) is 0 Å². The third kappa shape index (κ3) is 7.34. The molecular weight excluding hydrogens is 527 g/mol. The van der Waals surface area contributed by atoms with Crippen molar-refractivity contribution >= 4 is 41.5 Å². The number of carbonyl (C=O) groups is 1. The SMILES string of the molecule is CN=C(NCc1cccc(N2CC=CC2)c1)N1CCN(CC(=O)N2CCCCCC2)CC1.I. The summed E-state index contributed by atoms with van der Waals surface area (Å²) < 4.78 is 0. The van der Waals surface area contributed by atoms with E-state index in [0.29, 0.717) is 12.5 Å². The molecule has 33 heavy (non-hydrogen) atoms. The predicted molar refractivity (Wildman–Crippen MR) is 146 cm³/mol. The zero-order valence-corrected chi connectivity index (χ0v) is 22.2. The number of aliphatic imine (C=N–C) groups is 1. The van der Waals surface area contributed by atoms with E-state index >= 15 is 0 Å². The van der Waals surface area contributed by atoms with E-state index in [1.54, 1.807) is 0 Å². The molecule has 3 aliphatic rings. The first kappa shape index (κ1) is 25.8. The van der Waals surface area contributed by atoms with E-state index in [4.69, 9.17) is 0 Å². The van der Waals surface area contributed by atoms with Crippen molar-refractivity contribution in [2.75, 3.05) is 70.9 Å². The molecule has 4 rings (SSSR count). The number of rotatable bonds is 5. The van der Waals surface area contributed by atoms with E-state index in [9.17, 15) is 4.79 Å². The minimum Gasteiger partial charge on any atom is -0.364 e. The molecule has 7 nitrogen and oxygen atoms in total. The number of nitrogens with one attached hydrogen (secondary N) is 1. The van der Waals surface area contributed by atoms with Crippen LogP contribution in [0.1, 0.15) is 31.2 Å². The molecule has 0 aliphatic carbocycles. The maximum absolute atomic E-state index is 12.7. The fraction of sp³-hybridized carbons (Fsp3) is 0.600. The second-order valence-corrected chi connectivity index (χ2v) is 9.01. The number of nitrogens with zero attached hydrogens (tertiary/aromatic N) is 5. The van der Waals surface area contributed by atoms with Gasteiger partial charge in [-0.1, -0.05) is 37.1 Å². The summed E-state index contributed by atoms with van der Waals surface area (Å²) in [5.74, 6) is 1.24. The lowest BCUT2D eigenvalue weighted by Crippen LogP contribution is -2.54. The molecular formula is C25H39IN6O. The molecule has 3 aliphatic heterocycles. The molecule has 2 saturated heterocycles. The molecule has 0 aromatic heterocycles. The average Bonchev–Trinajstić information content (AvgIpc) is 3.23. The number of likely N-dealkylation sites (tertiary alicyclic amines) is 1. The van der Waals surface area contributed by atoms with Crippen LogP contribution in [0.25, 0.3) is 0 Å². The Morgan fingerprint density at radius 3 is 2.30 bits per heavy atom. The number of anilines is 1. The zero-order valence-electron chi connectivity index (χ0n) is 19.9. The first-order chi connectivity index (χ1) is 15.7. The van der Waals surface area contributed by atoms with Gasteiger partial charge in [-0.25, -0.2) is 0 Å². The monoisotopic (exact) mass is 566 g/mol. The summed E-state index contributed by atoms with van der Waals surface area (Å²) in [7, 11) is 1.85. The third-order valence-electron chi connectivity index (χ3n) is 6.75. The van der Waals surface area contributed by atoms with Crippen molar-refractivity contribution in [1.29, 1.82) is 0 Å². The van der Waals surface area contributed by atoms with Crippen LogP contribution >= 0.6 is 24.0 Å². The van der Waals surface area contributed by atoms with Crippen molar-refractivity contribution in [3.63, 3.8) is 0 Å². The van der Waals surface area contributed by atoms with Gasteiger partial charge < -0.3 is 20.0 Å². The lowest BCUT2D eigenvalue weighted by Gasteiger charge is -2.37. The lowest BCUT2D eigenvalue weighted by molar-refractivity contribution is -0.132. The largest absolute Gasteiger partial charge is 0.364 e. The molecule has 1 aromatic carbocycles. The van der Waals surface area contributed by atoms with Gasteiger partial charge >= 0.3 is 0 Å². The number of piperazine rings is 1. The molecule has 0 saturated carbocycles. The lowest BCUT2D eigenvalue weighted by atomic mass is 10.2. The summed E-state index contributed by atoms with van der Waals surface area (Å²) in [4.78, 5) is 26.3. The Morgan fingerprint density at radius 1 is 0.939 bits per heavy atom. The third-order valence-corrected chi connectivity index (χ3v) is 6.75. The van der Waals surface area contributed by atoms with Crippen molar-refractivity contribution in [3.8, 4) is 0 Å². The van der Waals surface area contributed by atoms with Gasteiger partial charge in [0.15, 0.2) is 5.96 Å². The molecule has 0 spiro atoms. The highest BCUT2D eigenvalue weighted by atomic mass is 127. The molecule has 1 amide bonds. The molecule has 0 radical (unpaired) electrons. The zero-order chi connectivity index (χ0) is 22.2. The van der Waals surface area contributed by atoms with Crippen LogP contribution in [-0.4, -0.2) is 92.5 Å². The topological polar surface area (TPSA) is 54.4 Å². The second-order valence-electron chi connectivity index (χ2n) is 9.01. The van der Waals surface area contributed by atoms with E-state index in [2.05, 4.69) is 66.3 Å². The molecule has 8 heteroatoms. The summed E-state index contributed by atoms with van der Waals surface area (Å²) >= 11 is 0. The van der Waals surface area contributed by atoms with E-state index in [0.717, 1.165) is 77.7 Å². The maximum atomic E-state index is 12.7. The van der Waals surface area contributed by atoms with E-state index in [1.807, 2.05) is 7.05 Å². The Hall–Kier alpha value is -1.81. The molecule has 3 heterocycles.